The molecule has 1 amide bonds. The maximum Gasteiger partial charge on any atom is 0.416 e. The van der Waals surface area contributed by atoms with Crippen LogP contribution >= 0.6 is 0 Å². The molecule has 0 saturated heterocycles. The summed E-state index contributed by atoms with van der Waals surface area (Å²) in [5.74, 6) is -1.14. The molecule has 1 atom stereocenters. The highest BCUT2D eigenvalue weighted by Gasteiger charge is 2.38. The van der Waals surface area contributed by atoms with Crippen molar-refractivity contribution in [1.29, 1.82) is 5.26 Å². The van der Waals surface area contributed by atoms with Crippen molar-refractivity contribution in [2.45, 2.75) is 25.3 Å². The number of amides is 1. The summed E-state index contributed by atoms with van der Waals surface area (Å²) in [5.41, 5.74) is -4.18. The van der Waals surface area contributed by atoms with E-state index in [0.717, 1.165) is 15.9 Å². The van der Waals surface area contributed by atoms with Crippen LogP contribution < -0.4 is 0 Å². The number of aromatic nitrogens is 5. The fraction of sp³-hybridized carbons (Fsp3) is 0.263. The topological polar surface area (TPSA) is 101 Å². The molecule has 33 heavy (non-hydrogen) atoms. The Labute approximate surface area is 182 Å². The average molecular weight is 469 g/mol. The fourth-order valence-electron chi connectivity index (χ4n) is 2.93. The maximum atomic E-state index is 13.2. The van der Waals surface area contributed by atoms with Crippen LogP contribution in [0.2, 0.25) is 0 Å². The molecule has 14 heteroatoms. The van der Waals surface area contributed by atoms with Gasteiger partial charge in [-0.15, -0.1) is 0 Å². The minimum absolute atomic E-state index is 0.0350. The summed E-state index contributed by atoms with van der Waals surface area (Å²) in [4.78, 5) is 25.8. The van der Waals surface area contributed by atoms with Crippen molar-refractivity contribution in [2.24, 2.45) is 0 Å². The Morgan fingerprint density at radius 3 is 2.15 bits per heavy atom. The standard InChI is InChI=1S/C19H13F6N7O/c1-11(15-29-10-30-32(15)17-27-4-2-5-28-17)31(6-3-26)16(33)12-7-13(18(20,21)22)9-14(8-12)19(23,24)25/h2,4-5,7-11H,6H2,1H3. The van der Waals surface area contributed by atoms with E-state index in [1.807, 2.05) is 0 Å². The zero-order valence-electron chi connectivity index (χ0n) is 16.6. The third kappa shape index (κ3) is 5.08. The largest absolute Gasteiger partial charge is 0.416 e. The number of nitriles is 1. The molecule has 0 aliphatic heterocycles. The second kappa shape index (κ2) is 8.85. The molecule has 172 valence electrons. The molecular formula is C19H13F6N7O. The van der Waals surface area contributed by atoms with Gasteiger partial charge < -0.3 is 4.90 Å². The lowest BCUT2D eigenvalue weighted by Gasteiger charge is -2.27. The van der Waals surface area contributed by atoms with Gasteiger partial charge in [-0.05, 0) is 31.2 Å². The van der Waals surface area contributed by atoms with Gasteiger partial charge in [-0.1, -0.05) is 0 Å². The molecule has 0 aliphatic carbocycles. The van der Waals surface area contributed by atoms with Crippen molar-refractivity contribution in [2.75, 3.05) is 6.54 Å². The van der Waals surface area contributed by atoms with E-state index in [2.05, 4.69) is 20.1 Å². The van der Waals surface area contributed by atoms with E-state index < -0.39 is 47.5 Å². The van der Waals surface area contributed by atoms with Gasteiger partial charge in [-0.2, -0.15) is 41.4 Å². The highest BCUT2D eigenvalue weighted by atomic mass is 19.4. The zero-order valence-corrected chi connectivity index (χ0v) is 16.6. The van der Waals surface area contributed by atoms with Gasteiger partial charge in [-0.3, -0.25) is 4.79 Å². The summed E-state index contributed by atoms with van der Waals surface area (Å²) < 4.78 is 80.3. The van der Waals surface area contributed by atoms with E-state index >= 15 is 0 Å². The quantitative estimate of drug-likeness (QED) is 0.416. The van der Waals surface area contributed by atoms with Gasteiger partial charge in [0.2, 0.25) is 0 Å². The van der Waals surface area contributed by atoms with Crippen LogP contribution in [0.15, 0.2) is 43.0 Å². The highest BCUT2D eigenvalue weighted by molar-refractivity contribution is 5.95. The lowest BCUT2D eigenvalue weighted by atomic mass is 10.0. The number of hydrogen-bond acceptors (Lipinski definition) is 6. The monoisotopic (exact) mass is 469 g/mol. The first-order chi connectivity index (χ1) is 15.4. The maximum absolute atomic E-state index is 13.2. The van der Waals surface area contributed by atoms with Crippen molar-refractivity contribution in [3.63, 3.8) is 0 Å². The summed E-state index contributed by atoms with van der Waals surface area (Å²) in [5, 5.41) is 13.1. The van der Waals surface area contributed by atoms with Gasteiger partial charge in [0.15, 0.2) is 5.82 Å². The predicted octanol–water partition coefficient (Wildman–Crippen LogP) is 3.82. The fourth-order valence-corrected chi connectivity index (χ4v) is 2.93. The van der Waals surface area contributed by atoms with Crippen molar-refractivity contribution in [1.82, 2.24) is 29.6 Å². The highest BCUT2D eigenvalue weighted by Crippen LogP contribution is 2.37. The van der Waals surface area contributed by atoms with E-state index in [4.69, 9.17) is 5.26 Å². The summed E-state index contributed by atoms with van der Waals surface area (Å²) in [7, 11) is 0. The normalized spacial score (nSPS) is 12.8. The molecule has 0 fully saturated rings. The molecule has 1 aromatic carbocycles. The Bertz CT molecular complexity index is 1150. The number of benzene rings is 1. The average Bonchev–Trinajstić information content (AvgIpc) is 3.25. The minimum Gasteiger partial charge on any atom is -0.315 e. The molecule has 0 saturated carbocycles. The Kier molecular flexibility index (Phi) is 6.34. The molecule has 0 N–H and O–H groups in total. The van der Waals surface area contributed by atoms with E-state index in [1.54, 1.807) is 6.07 Å². The lowest BCUT2D eigenvalue weighted by Crippen LogP contribution is -2.36. The third-order valence-electron chi connectivity index (χ3n) is 4.49. The van der Waals surface area contributed by atoms with Crippen molar-refractivity contribution < 1.29 is 31.1 Å². The van der Waals surface area contributed by atoms with Crippen LogP contribution in [-0.2, 0) is 12.4 Å². The molecular weight excluding hydrogens is 456 g/mol. The summed E-state index contributed by atoms with van der Waals surface area (Å²) in [6.07, 6.45) is -6.36. The molecule has 0 spiro atoms. The van der Waals surface area contributed by atoms with Crippen LogP contribution in [0.1, 0.15) is 40.3 Å². The molecule has 8 nitrogen and oxygen atoms in total. The van der Waals surface area contributed by atoms with Gasteiger partial charge in [0.1, 0.15) is 12.9 Å². The Hall–Kier alpha value is -4.02. The number of carbonyl (C=O) groups excluding carboxylic acids is 1. The van der Waals surface area contributed by atoms with Gasteiger partial charge >= 0.3 is 12.4 Å². The lowest BCUT2D eigenvalue weighted by molar-refractivity contribution is -0.143. The molecule has 2 aromatic heterocycles. The smallest absolute Gasteiger partial charge is 0.315 e. The van der Waals surface area contributed by atoms with Gasteiger partial charge in [0.05, 0.1) is 23.2 Å². The minimum atomic E-state index is -5.13. The van der Waals surface area contributed by atoms with Crippen LogP contribution in [-0.4, -0.2) is 42.1 Å². The van der Waals surface area contributed by atoms with Crippen LogP contribution in [0.25, 0.3) is 5.95 Å². The Balaban J connectivity index is 2.06. The van der Waals surface area contributed by atoms with Crippen LogP contribution in [0, 0.1) is 11.3 Å². The first-order valence-electron chi connectivity index (χ1n) is 9.08. The first-order valence-corrected chi connectivity index (χ1v) is 9.08. The van der Waals surface area contributed by atoms with E-state index in [0.29, 0.717) is 12.1 Å². The zero-order chi connectivity index (χ0) is 24.4. The van der Waals surface area contributed by atoms with E-state index in [1.165, 1.54) is 25.4 Å². The first kappa shape index (κ1) is 23.6. The number of nitrogens with zero attached hydrogens (tertiary/aromatic N) is 7. The SMILES string of the molecule is CC(c1ncnn1-c1ncccn1)N(CC#N)C(=O)c1cc(C(F)(F)F)cc(C(F)(F)F)c1. The van der Waals surface area contributed by atoms with E-state index in [9.17, 15) is 31.1 Å². The summed E-state index contributed by atoms with van der Waals surface area (Å²) in [6, 6.07) is 2.65. The molecule has 3 aromatic rings. The van der Waals surface area contributed by atoms with Crippen LogP contribution in [0.3, 0.4) is 0 Å². The second-order valence-electron chi connectivity index (χ2n) is 6.64. The molecule has 2 heterocycles. The summed E-state index contributed by atoms with van der Waals surface area (Å²) >= 11 is 0. The van der Waals surface area contributed by atoms with Gasteiger partial charge in [-0.25, -0.2) is 15.0 Å². The van der Waals surface area contributed by atoms with Crippen molar-refractivity contribution >= 4 is 5.91 Å². The number of rotatable bonds is 5. The second-order valence-corrected chi connectivity index (χ2v) is 6.64. The van der Waals surface area contributed by atoms with Crippen LogP contribution in [0.4, 0.5) is 26.3 Å². The number of halogens is 6. The molecule has 0 aliphatic rings. The van der Waals surface area contributed by atoms with E-state index in [-0.39, 0.29) is 17.8 Å². The van der Waals surface area contributed by atoms with Crippen molar-refractivity contribution in [3.05, 3.63) is 65.5 Å². The number of alkyl halides is 6. The summed E-state index contributed by atoms with van der Waals surface area (Å²) in [6.45, 7) is 0.733. The Morgan fingerprint density at radius 2 is 1.64 bits per heavy atom. The Morgan fingerprint density at radius 1 is 1.06 bits per heavy atom. The van der Waals surface area contributed by atoms with Gasteiger partial charge in [0.25, 0.3) is 11.9 Å². The van der Waals surface area contributed by atoms with Crippen LogP contribution in [0.5, 0.6) is 0 Å². The molecule has 3 rings (SSSR count). The molecule has 1 unspecified atom stereocenters. The molecule has 0 radical (unpaired) electrons. The third-order valence-corrected chi connectivity index (χ3v) is 4.49. The number of hydrogen-bond donors (Lipinski definition) is 0. The number of carbonyl (C=O) groups is 1. The molecule has 0 bridgehead atoms. The van der Waals surface area contributed by atoms with Crippen molar-refractivity contribution in [3.8, 4) is 12.0 Å². The van der Waals surface area contributed by atoms with Gasteiger partial charge in [0, 0.05) is 18.0 Å². The predicted molar refractivity (Wildman–Crippen MR) is 98.5 cm³/mol.